The third-order valence-electron chi connectivity index (χ3n) is 7.26. The number of benzene rings is 1. The van der Waals surface area contributed by atoms with E-state index in [-0.39, 0.29) is 54.0 Å². The maximum Gasteiger partial charge on any atom is 0.343 e. The van der Waals surface area contributed by atoms with Crippen LogP contribution in [0.25, 0.3) is 22.3 Å². The first-order chi connectivity index (χ1) is 15.6. The molecule has 3 N–H and O–H groups in total. The van der Waals surface area contributed by atoms with Gasteiger partial charge in [0, 0.05) is 28.6 Å². The van der Waals surface area contributed by atoms with E-state index in [9.17, 15) is 19.1 Å². The predicted octanol–water partition coefficient (Wildman–Crippen LogP) is 2.98. The number of aliphatic hydroxyl groups is 1. The largest absolute Gasteiger partial charge is 0.458 e. The van der Waals surface area contributed by atoms with Crippen molar-refractivity contribution in [3.63, 3.8) is 0 Å². The molecule has 172 valence electrons. The molecule has 7 nitrogen and oxygen atoms in total. The van der Waals surface area contributed by atoms with Gasteiger partial charge in [-0.25, -0.2) is 14.2 Å². The van der Waals surface area contributed by atoms with Crippen molar-refractivity contribution < 1.29 is 19.0 Å². The summed E-state index contributed by atoms with van der Waals surface area (Å²) in [6.45, 7) is 7.39. The molecule has 4 heterocycles. The number of rotatable bonds is 3. The average molecular weight is 451 g/mol. The van der Waals surface area contributed by atoms with Gasteiger partial charge in [-0.1, -0.05) is 13.8 Å². The molecule has 0 aliphatic carbocycles. The van der Waals surface area contributed by atoms with Gasteiger partial charge in [-0.2, -0.15) is 0 Å². The topological polar surface area (TPSA) is 107 Å². The molecule has 0 saturated heterocycles. The second-order valence-electron chi connectivity index (χ2n) is 9.22. The lowest BCUT2D eigenvalue weighted by atomic mass is 9.85. The zero-order chi connectivity index (χ0) is 23.8. The third-order valence-corrected chi connectivity index (χ3v) is 7.26. The number of cyclic esters (lactones) is 1. The molecule has 3 atom stereocenters. The molecule has 5 rings (SSSR count). The number of carbonyl (C=O) groups is 1. The first kappa shape index (κ1) is 21.7. The number of aryl methyl sites for hydroxylation is 1. The van der Waals surface area contributed by atoms with Crippen LogP contribution in [0.2, 0.25) is 0 Å². The summed E-state index contributed by atoms with van der Waals surface area (Å²) in [6, 6.07) is 4.66. The molecule has 3 aromatic rings. The predicted molar refractivity (Wildman–Crippen MR) is 121 cm³/mol. The van der Waals surface area contributed by atoms with E-state index in [1.165, 1.54) is 6.07 Å². The van der Waals surface area contributed by atoms with Crippen LogP contribution in [0, 0.1) is 12.7 Å². The molecule has 0 bridgehead atoms. The molecule has 0 radical (unpaired) electrons. The molecule has 2 aliphatic rings. The Morgan fingerprint density at radius 2 is 2.00 bits per heavy atom. The fourth-order valence-corrected chi connectivity index (χ4v) is 5.02. The van der Waals surface area contributed by atoms with Gasteiger partial charge in [0.1, 0.15) is 12.4 Å². The maximum atomic E-state index is 14.5. The number of ether oxygens (including phenoxy) is 1. The molecule has 0 spiro atoms. The lowest BCUT2D eigenvalue weighted by Crippen LogP contribution is -2.44. The summed E-state index contributed by atoms with van der Waals surface area (Å²) < 4.78 is 21.2. The van der Waals surface area contributed by atoms with Crippen LogP contribution >= 0.6 is 0 Å². The zero-order valence-corrected chi connectivity index (χ0v) is 19.0. The standard InChI is InChI=1S/C25H26FN3O4/c1-5-25(32)17-7-20-22-15(9-29(20)23(30)16(17)10-33-24(25)31)21(12(3)13(4)27)14-6-11(2)18(26)8-19(14)28-22/h6-8,12-13,32H,5,9-10,27H2,1-4H3/t12-,13+,25+/m1/s1. The van der Waals surface area contributed by atoms with E-state index in [0.717, 1.165) is 16.5 Å². The van der Waals surface area contributed by atoms with Crippen LogP contribution < -0.4 is 11.3 Å². The third kappa shape index (κ3) is 2.90. The van der Waals surface area contributed by atoms with E-state index >= 15 is 0 Å². The number of halogens is 1. The Kier molecular flexibility index (Phi) is 4.74. The second-order valence-corrected chi connectivity index (χ2v) is 9.22. The summed E-state index contributed by atoms with van der Waals surface area (Å²) in [7, 11) is 0. The monoisotopic (exact) mass is 451 g/mol. The molecular weight excluding hydrogens is 425 g/mol. The second kappa shape index (κ2) is 7.20. The highest BCUT2D eigenvalue weighted by Crippen LogP contribution is 2.42. The van der Waals surface area contributed by atoms with E-state index in [1.54, 1.807) is 30.5 Å². The Bertz CT molecular complexity index is 1410. The van der Waals surface area contributed by atoms with Crippen molar-refractivity contribution in [2.24, 2.45) is 5.73 Å². The molecule has 1 aromatic carbocycles. The van der Waals surface area contributed by atoms with Gasteiger partial charge >= 0.3 is 5.97 Å². The van der Waals surface area contributed by atoms with Crippen molar-refractivity contribution >= 4 is 16.9 Å². The summed E-state index contributed by atoms with van der Waals surface area (Å²) >= 11 is 0. The van der Waals surface area contributed by atoms with E-state index in [0.29, 0.717) is 22.5 Å². The Morgan fingerprint density at radius 1 is 1.27 bits per heavy atom. The van der Waals surface area contributed by atoms with Crippen LogP contribution in [0.3, 0.4) is 0 Å². The number of nitrogens with two attached hydrogens (primary N) is 1. The molecule has 33 heavy (non-hydrogen) atoms. The summed E-state index contributed by atoms with van der Waals surface area (Å²) in [6.07, 6.45) is 0.0667. The van der Waals surface area contributed by atoms with Crippen molar-refractivity contribution in [3.8, 4) is 11.4 Å². The SMILES string of the molecule is CC[C@@]1(O)C(=O)OCc2c1cc1n(c2=O)Cc2c-1nc1cc(F)c(C)cc1c2[C@H](C)[C@H](C)N. The number of pyridine rings is 2. The summed E-state index contributed by atoms with van der Waals surface area (Å²) in [5, 5.41) is 11.9. The fourth-order valence-electron chi connectivity index (χ4n) is 5.02. The van der Waals surface area contributed by atoms with Gasteiger partial charge in [0.05, 0.1) is 29.0 Å². The molecular formula is C25H26FN3O4. The normalized spacial score (nSPS) is 20.8. The molecule has 0 saturated carbocycles. The fraction of sp³-hybridized carbons (Fsp3) is 0.400. The number of fused-ring (bicyclic) bond motifs is 5. The maximum absolute atomic E-state index is 14.5. The van der Waals surface area contributed by atoms with Crippen molar-refractivity contribution in [1.82, 2.24) is 9.55 Å². The summed E-state index contributed by atoms with van der Waals surface area (Å²) in [5.41, 5.74) is 8.39. The molecule has 0 amide bonds. The van der Waals surface area contributed by atoms with Crippen molar-refractivity contribution in [2.75, 3.05) is 0 Å². The Labute approximate surface area is 190 Å². The number of carbonyl (C=O) groups excluding carboxylic acids is 1. The lowest BCUT2D eigenvalue weighted by Gasteiger charge is -2.31. The minimum Gasteiger partial charge on any atom is -0.458 e. The van der Waals surface area contributed by atoms with Gasteiger partial charge in [-0.15, -0.1) is 0 Å². The number of aromatic nitrogens is 2. The van der Waals surface area contributed by atoms with Crippen molar-refractivity contribution in [1.29, 1.82) is 0 Å². The van der Waals surface area contributed by atoms with E-state index < -0.39 is 11.6 Å². The van der Waals surface area contributed by atoms with Crippen LogP contribution in [0.4, 0.5) is 4.39 Å². The highest BCUT2D eigenvalue weighted by Gasteiger charge is 2.45. The molecule has 0 unspecified atom stereocenters. The van der Waals surface area contributed by atoms with Crippen molar-refractivity contribution in [3.05, 3.63) is 62.2 Å². The first-order valence-electron chi connectivity index (χ1n) is 11.1. The number of esters is 1. The lowest BCUT2D eigenvalue weighted by molar-refractivity contribution is -0.172. The minimum atomic E-state index is -1.90. The van der Waals surface area contributed by atoms with Gasteiger partial charge in [-0.3, -0.25) is 4.79 Å². The first-order valence-corrected chi connectivity index (χ1v) is 11.1. The Balaban J connectivity index is 1.86. The van der Waals surface area contributed by atoms with Gasteiger partial charge in [0.15, 0.2) is 5.60 Å². The Hall–Kier alpha value is -3.10. The van der Waals surface area contributed by atoms with E-state index in [4.69, 9.17) is 15.5 Å². The zero-order valence-electron chi connectivity index (χ0n) is 19.0. The molecule has 8 heteroatoms. The van der Waals surface area contributed by atoms with Crippen LogP contribution in [0.15, 0.2) is 23.0 Å². The van der Waals surface area contributed by atoms with Crippen LogP contribution in [-0.2, 0) is 28.3 Å². The number of nitrogens with zero attached hydrogens (tertiary/aromatic N) is 2. The van der Waals surface area contributed by atoms with Crippen LogP contribution in [-0.4, -0.2) is 26.7 Å². The molecule has 2 aromatic heterocycles. The molecule has 0 fully saturated rings. The van der Waals surface area contributed by atoms with Crippen LogP contribution in [0.1, 0.15) is 60.9 Å². The highest BCUT2D eigenvalue weighted by atomic mass is 19.1. The van der Waals surface area contributed by atoms with Gasteiger partial charge in [-0.05, 0) is 49.4 Å². The summed E-state index contributed by atoms with van der Waals surface area (Å²) in [5.74, 6) is -1.21. The van der Waals surface area contributed by atoms with E-state index in [1.807, 2.05) is 13.8 Å². The smallest absolute Gasteiger partial charge is 0.343 e. The van der Waals surface area contributed by atoms with Crippen molar-refractivity contribution in [2.45, 2.75) is 64.8 Å². The van der Waals surface area contributed by atoms with Gasteiger partial charge < -0.3 is 20.1 Å². The summed E-state index contributed by atoms with van der Waals surface area (Å²) in [4.78, 5) is 30.6. The van der Waals surface area contributed by atoms with Gasteiger partial charge in [0.25, 0.3) is 5.56 Å². The molecule has 2 aliphatic heterocycles. The van der Waals surface area contributed by atoms with Crippen LogP contribution in [0.5, 0.6) is 0 Å². The quantitative estimate of drug-likeness (QED) is 0.464. The highest BCUT2D eigenvalue weighted by molar-refractivity contribution is 5.90. The Morgan fingerprint density at radius 3 is 2.67 bits per heavy atom. The van der Waals surface area contributed by atoms with E-state index in [2.05, 4.69) is 0 Å². The average Bonchev–Trinajstić information content (AvgIpc) is 3.14. The number of hydrogen-bond donors (Lipinski definition) is 2. The van der Waals surface area contributed by atoms with Gasteiger partial charge in [0.2, 0.25) is 0 Å². The minimum absolute atomic E-state index is 0.0667. The number of hydrogen-bond acceptors (Lipinski definition) is 6.